The van der Waals surface area contributed by atoms with Gasteiger partial charge in [0.2, 0.25) is 12.3 Å². The molecule has 2 rings (SSSR count). The summed E-state index contributed by atoms with van der Waals surface area (Å²) < 4.78 is 0. The van der Waals surface area contributed by atoms with Crippen molar-refractivity contribution in [1.29, 1.82) is 0 Å². The van der Waals surface area contributed by atoms with Crippen LogP contribution in [0.3, 0.4) is 0 Å². The summed E-state index contributed by atoms with van der Waals surface area (Å²) in [7, 11) is 0. The van der Waals surface area contributed by atoms with Crippen molar-refractivity contribution in [2.75, 3.05) is 31.9 Å². The molecule has 1 heterocycles. The molecule has 102 valence electrons. The third-order valence-electron chi connectivity index (χ3n) is 3.14. The van der Waals surface area contributed by atoms with E-state index in [1.54, 1.807) is 16.7 Å². The molecule has 1 aromatic rings. The van der Waals surface area contributed by atoms with Gasteiger partial charge in [0.05, 0.1) is 0 Å². The molecule has 0 saturated carbocycles. The van der Waals surface area contributed by atoms with Crippen LogP contribution in [0.4, 0.5) is 0 Å². The number of rotatable bonds is 5. The normalized spacial score (nSPS) is 15.4. The highest BCUT2D eigenvalue weighted by Gasteiger charge is 2.19. The van der Waals surface area contributed by atoms with Gasteiger partial charge in [0.25, 0.3) is 0 Å². The molecule has 19 heavy (non-hydrogen) atoms. The van der Waals surface area contributed by atoms with Gasteiger partial charge in [0.15, 0.2) is 0 Å². The summed E-state index contributed by atoms with van der Waals surface area (Å²) in [5, 5.41) is 0. The zero-order valence-electron chi connectivity index (χ0n) is 10.8. The minimum Gasteiger partial charge on any atom is -0.342 e. The molecule has 1 saturated heterocycles. The molecule has 0 bridgehead atoms. The van der Waals surface area contributed by atoms with Crippen LogP contribution in [0, 0.1) is 0 Å². The first kappa shape index (κ1) is 13.9. The van der Waals surface area contributed by atoms with Gasteiger partial charge in [0.1, 0.15) is 0 Å². The molecular weight excluding hydrogens is 260 g/mol. The first-order valence-electron chi connectivity index (χ1n) is 6.44. The average Bonchev–Trinajstić information content (AvgIpc) is 2.48. The van der Waals surface area contributed by atoms with Gasteiger partial charge in [-0.1, -0.05) is 18.2 Å². The van der Waals surface area contributed by atoms with Crippen LogP contribution in [0.2, 0.25) is 0 Å². The Labute approximate surface area is 117 Å². The number of amides is 2. The molecule has 0 unspecified atom stereocenters. The first-order valence-corrected chi connectivity index (χ1v) is 7.43. The number of benzene rings is 1. The highest BCUT2D eigenvalue weighted by Crippen LogP contribution is 2.18. The maximum Gasteiger partial charge on any atom is 0.223 e. The number of carbonyl (C=O) groups is 2. The highest BCUT2D eigenvalue weighted by atomic mass is 32.2. The molecule has 0 N–H and O–H groups in total. The molecule has 0 atom stereocenters. The lowest BCUT2D eigenvalue weighted by Crippen LogP contribution is -2.48. The molecule has 5 heteroatoms. The second kappa shape index (κ2) is 7.19. The van der Waals surface area contributed by atoms with Crippen molar-refractivity contribution in [1.82, 2.24) is 9.80 Å². The van der Waals surface area contributed by atoms with Gasteiger partial charge in [-0.25, -0.2) is 0 Å². The van der Waals surface area contributed by atoms with Crippen LogP contribution in [0.1, 0.15) is 6.42 Å². The number of hydrogen-bond donors (Lipinski definition) is 0. The van der Waals surface area contributed by atoms with Crippen molar-refractivity contribution < 1.29 is 9.59 Å². The lowest BCUT2D eigenvalue weighted by atomic mass is 10.3. The third kappa shape index (κ3) is 4.28. The molecule has 0 aliphatic carbocycles. The van der Waals surface area contributed by atoms with Crippen LogP contribution < -0.4 is 0 Å². The van der Waals surface area contributed by atoms with Gasteiger partial charge in [-0.2, -0.15) is 0 Å². The number of hydrogen-bond acceptors (Lipinski definition) is 3. The predicted octanol–water partition coefficient (Wildman–Crippen LogP) is 1.47. The van der Waals surface area contributed by atoms with E-state index in [0.717, 1.165) is 12.2 Å². The highest BCUT2D eigenvalue weighted by molar-refractivity contribution is 7.99. The van der Waals surface area contributed by atoms with Crippen molar-refractivity contribution >= 4 is 24.1 Å². The monoisotopic (exact) mass is 278 g/mol. The Bertz CT molecular complexity index is 417. The average molecular weight is 278 g/mol. The van der Waals surface area contributed by atoms with E-state index in [9.17, 15) is 9.59 Å². The van der Waals surface area contributed by atoms with Crippen molar-refractivity contribution in [3.8, 4) is 0 Å². The third-order valence-corrected chi connectivity index (χ3v) is 4.16. The summed E-state index contributed by atoms with van der Waals surface area (Å²) in [5.74, 6) is 0.991. The zero-order valence-corrected chi connectivity index (χ0v) is 11.6. The zero-order chi connectivity index (χ0) is 13.5. The lowest BCUT2D eigenvalue weighted by molar-refractivity contribution is -0.134. The molecule has 0 spiro atoms. The molecule has 2 amide bonds. The number of carbonyl (C=O) groups excluding carboxylic acids is 2. The fraction of sp³-hybridized carbons (Fsp3) is 0.429. The molecule has 4 nitrogen and oxygen atoms in total. The Morgan fingerprint density at radius 3 is 2.47 bits per heavy atom. The fourth-order valence-electron chi connectivity index (χ4n) is 2.01. The maximum absolute atomic E-state index is 12.0. The van der Waals surface area contributed by atoms with Crippen LogP contribution in [-0.2, 0) is 9.59 Å². The van der Waals surface area contributed by atoms with Crippen LogP contribution >= 0.6 is 11.8 Å². The predicted molar refractivity (Wildman–Crippen MR) is 76.0 cm³/mol. The topological polar surface area (TPSA) is 40.6 Å². The fourth-order valence-corrected chi connectivity index (χ4v) is 2.87. The van der Waals surface area contributed by atoms with E-state index < -0.39 is 0 Å². The Hall–Kier alpha value is -1.49. The molecule has 1 aliphatic rings. The van der Waals surface area contributed by atoms with E-state index >= 15 is 0 Å². The van der Waals surface area contributed by atoms with E-state index in [2.05, 4.69) is 12.1 Å². The SMILES string of the molecule is O=CN1CCN(C(=O)CCSc2ccccc2)CC1. The Morgan fingerprint density at radius 1 is 1.16 bits per heavy atom. The second-order valence-corrected chi connectivity index (χ2v) is 5.60. The molecule has 1 aliphatic heterocycles. The van der Waals surface area contributed by atoms with Gasteiger partial charge in [-0.05, 0) is 12.1 Å². The van der Waals surface area contributed by atoms with Crippen molar-refractivity contribution in [2.24, 2.45) is 0 Å². The van der Waals surface area contributed by atoms with Crippen molar-refractivity contribution in [3.63, 3.8) is 0 Å². The molecule has 1 aromatic carbocycles. The van der Waals surface area contributed by atoms with Crippen LogP contribution in [-0.4, -0.2) is 54.0 Å². The van der Waals surface area contributed by atoms with E-state index in [0.29, 0.717) is 32.6 Å². The summed E-state index contributed by atoms with van der Waals surface area (Å²) in [4.78, 5) is 27.3. The Balaban J connectivity index is 1.69. The van der Waals surface area contributed by atoms with Gasteiger partial charge in [-0.15, -0.1) is 11.8 Å². The smallest absolute Gasteiger partial charge is 0.223 e. The minimum absolute atomic E-state index is 0.189. The van der Waals surface area contributed by atoms with Crippen LogP contribution in [0.5, 0.6) is 0 Å². The van der Waals surface area contributed by atoms with Gasteiger partial charge in [-0.3, -0.25) is 9.59 Å². The van der Waals surface area contributed by atoms with E-state index in [4.69, 9.17) is 0 Å². The largest absolute Gasteiger partial charge is 0.342 e. The van der Waals surface area contributed by atoms with E-state index in [1.165, 1.54) is 4.90 Å². The van der Waals surface area contributed by atoms with Crippen LogP contribution in [0.25, 0.3) is 0 Å². The Kier molecular flexibility index (Phi) is 5.27. The molecule has 1 fully saturated rings. The summed E-state index contributed by atoms with van der Waals surface area (Å²) >= 11 is 1.70. The van der Waals surface area contributed by atoms with Gasteiger partial charge >= 0.3 is 0 Å². The number of piperazine rings is 1. The summed E-state index contributed by atoms with van der Waals surface area (Å²) in [5.41, 5.74) is 0. The maximum atomic E-state index is 12.0. The van der Waals surface area contributed by atoms with E-state index in [1.807, 2.05) is 23.1 Å². The number of thioether (sulfide) groups is 1. The quantitative estimate of drug-likeness (QED) is 0.605. The van der Waals surface area contributed by atoms with Gasteiger partial charge < -0.3 is 9.80 Å². The molecule has 0 radical (unpaired) electrons. The molecular formula is C14H18N2O2S. The summed E-state index contributed by atoms with van der Waals surface area (Å²) in [6.45, 7) is 2.63. The molecule has 0 aromatic heterocycles. The van der Waals surface area contributed by atoms with Gasteiger partial charge in [0, 0.05) is 43.2 Å². The standard InChI is InChI=1S/C14H18N2O2S/c17-12-15-7-9-16(10-8-15)14(18)6-11-19-13-4-2-1-3-5-13/h1-5,12H,6-11H2. The van der Waals surface area contributed by atoms with Crippen LogP contribution in [0.15, 0.2) is 35.2 Å². The lowest BCUT2D eigenvalue weighted by Gasteiger charge is -2.32. The first-order chi connectivity index (χ1) is 9.29. The summed E-state index contributed by atoms with van der Waals surface area (Å²) in [6.07, 6.45) is 1.41. The van der Waals surface area contributed by atoms with E-state index in [-0.39, 0.29) is 5.91 Å². The second-order valence-electron chi connectivity index (χ2n) is 4.43. The minimum atomic E-state index is 0.189. The van der Waals surface area contributed by atoms with Crippen molar-refractivity contribution in [2.45, 2.75) is 11.3 Å². The summed E-state index contributed by atoms with van der Waals surface area (Å²) in [6, 6.07) is 10.1. The number of nitrogens with zero attached hydrogens (tertiary/aromatic N) is 2. The Morgan fingerprint density at radius 2 is 1.84 bits per heavy atom. The van der Waals surface area contributed by atoms with Crippen molar-refractivity contribution in [3.05, 3.63) is 30.3 Å².